The van der Waals surface area contributed by atoms with Gasteiger partial charge in [-0.05, 0) is 18.6 Å². The molecule has 1 unspecified atom stereocenters. The molecule has 20 heavy (non-hydrogen) atoms. The molecule has 1 atom stereocenters. The predicted octanol–water partition coefficient (Wildman–Crippen LogP) is 2.75. The maximum Gasteiger partial charge on any atom is 0.289 e. The van der Waals surface area contributed by atoms with Gasteiger partial charge in [-0.15, -0.1) is 0 Å². The van der Waals surface area contributed by atoms with E-state index in [4.69, 9.17) is 5.26 Å². The highest BCUT2D eigenvalue weighted by Crippen LogP contribution is 2.26. The predicted molar refractivity (Wildman–Crippen MR) is 73.1 cm³/mol. The summed E-state index contributed by atoms with van der Waals surface area (Å²) in [7, 11) is 0. The minimum atomic E-state index is -0.558. The normalized spacial score (nSPS) is 11.6. The highest BCUT2D eigenvalue weighted by Gasteiger charge is 2.17. The lowest BCUT2D eigenvalue weighted by Crippen LogP contribution is -2.11. The van der Waals surface area contributed by atoms with Gasteiger partial charge in [0.15, 0.2) is 0 Å². The van der Waals surface area contributed by atoms with E-state index in [1.807, 2.05) is 13.0 Å². The second-order valence-corrected chi connectivity index (χ2v) is 4.18. The Kier molecular flexibility index (Phi) is 3.96. The number of imidazole rings is 1. The fourth-order valence-electron chi connectivity index (χ4n) is 1.90. The Bertz CT molecular complexity index is 645. The molecule has 0 aliphatic heterocycles. The SMILES string of the molecule is CCC(Nc1ccc(C#N)c([N+](=O)[O-])c1)c1ncc[nH]1. The number of nitriles is 1. The van der Waals surface area contributed by atoms with Crippen LogP contribution in [0.25, 0.3) is 0 Å². The summed E-state index contributed by atoms with van der Waals surface area (Å²) in [5.74, 6) is 0.763. The van der Waals surface area contributed by atoms with Crippen molar-refractivity contribution in [3.63, 3.8) is 0 Å². The molecule has 1 aromatic carbocycles. The highest BCUT2D eigenvalue weighted by atomic mass is 16.6. The topological polar surface area (TPSA) is 108 Å². The molecule has 0 fully saturated rings. The molecule has 0 aliphatic carbocycles. The van der Waals surface area contributed by atoms with Gasteiger partial charge in [-0.3, -0.25) is 10.1 Å². The fraction of sp³-hybridized carbons (Fsp3) is 0.231. The number of anilines is 1. The summed E-state index contributed by atoms with van der Waals surface area (Å²) in [4.78, 5) is 17.5. The van der Waals surface area contributed by atoms with Gasteiger partial charge in [-0.25, -0.2) is 4.98 Å². The summed E-state index contributed by atoms with van der Waals surface area (Å²) in [6.45, 7) is 1.98. The molecule has 2 N–H and O–H groups in total. The molecule has 0 aliphatic rings. The molecular formula is C13H13N5O2. The number of benzene rings is 1. The van der Waals surface area contributed by atoms with Crippen LogP contribution in [-0.2, 0) is 0 Å². The van der Waals surface area contributed by atoms with Crippen molar-refractivity contribution in [1.82, 2.24) is 9.97 Å². The molecular weight excluding hydrogens is 258 g/mol. The summed E-state index contributed by atoms with van der Waals surface area (Å²) in [5.41, 5.74) is 0.428. The Balaban J connectivity index is 2.28. The molecule has 0 saturated carbocycles. The van der Waals surface area contributed by atoms with E-state index in [1.54, 1.807) is 18.5 Å². The molecule has 1 heterocycles. The maximum atomic E-state index is 10.9. The number of aromatic nitrogens is 2. The average Bonchev–Trinajstić information content (AvgIpc) is 2.98. The van der Waals surface area contributed by atoms with Crippen molar-refractivity contribution >= 4 is 11.4 Å². The van der Waals surface area contributed by atoms with Gasteiger partial charge >= 0.3 is 0 Å². The third kappa shape index (κ3) is 2.75. The van der Waals surface area contributed by atoms with Crippen LogP contribution in [0.1, 0.15) is 30.8 Å². The van der Waals surface area contributed by atoms with Crippen LogP contribution >= 0.6 is 0 Å². The van der Waals surface area contributed by atoms with E-state index in [-0.39, 0.29) is 17.3 Å². The largest absolute Gasteiger partial charge is 0.375 e. The smallest absolute Gasteiger partial charge is 0.289 e. The molecule has 0 amide bonds. The Labute approximate surface area is 115 Å². The first-order valence-corrected chi connectivity index (χ1v) is 6.10. The van der Waals surface area contributed by atoms with Gasteiger partial charge in [-0.2, -0.15) is 5.26 Å². The molecule has 2 aromatic rings. The average molecular weight is 271 g/mol. The van der Waals surface area contributed by atoms with Crippen LogP contribution in [0.2, 0.25) is 0 Å². The minimum absolute atomic E-state index is 0.0478. The van der Waals surface area contributed by atoms with Crippen LogP contribution in [0.4, 0.5) is 11.4 Å². The third-order valence-corrected chi connectivity index (χ3v) is 2.91. The Hall–Kier alpha value is -2.88. The number of rotatable bonds is 5. The summed E-state index contributed by atoms with van der Waals surface area (Å²) in [6, 6.07) is 6.19. The van der Waals surface area contributed by atoms with Gasteiger partial charge in [0, 0.05) is 24.1 Å². The Morgan fingerprint density at radius 2 is 2.40 bits per heavy atom. The van der Waals surface area contributed by atoms with E-state index in [1.165, 1.54) is 12.1 Å². The van der Waals surface area contributed by atoms with Gasteiger partial charge in [0.25, 0.3) is 5.69 Å². The number of nitro groups is 1. The van der Waals surface area contributed by atoms with E-state index in [2.05, 4.69) is 15.3 Å². The molecule has 1 aromatic heterocycles. The first-order valence-electron chi connectivity index (χ1n) is 6.10. The van der Waals surface area contributed by atoms with Crippen LogP contribution in [0.5, 0.6) is 0 Å². The first kappa shape index (κ1) is 13.5. The van der Waals surface area contributed by atoms with Crippen LogP contribution in [-0.4, -0.2) is 14.9 Å². The maximum absolute atomic E-state index is 10.9. The number of nitrogens with one attached hydrogen (secondary N) is 2. The van der Waals surface area contributed by atoms with Crippen molar-refractivity contribution in [2.45, 2.75) is 19.4 Å². The monoisotopic (exact) mass is 271 g/mol. The lowest BCUT2D eigenvalue weighted by molar-refractivity contribution is -0.385. The van der Waals surface area contributed by atoms with E-state index in [9.17, 15) is 10.1 Å². The number of hydrogen-bond donors (Lipinski definition) is 2. The Morgan fingerprint density at radius 3 is 2.95 bits per heavy atom. The van der Waals surface area contributed by atoms with Crippen LogP contribution < -0.4 is 5.32 Å². The van der Waals surface area contributed by atoms with Gasteiger partial charge in [-0.1, -0.05) is 6.92 Å². The zero-order chi connectivity index (χ0) is 14.5. The van der Waals surface area contributed by atoms with Gasteiger partial charge < -0.3 is 10.3 Å². The Morgan fingerprint density at radius 1 is 1.60 bits per heavy atom. The van der Waals surface area contributed by atoms with E-state index >= 15 is 0 Å². The van der Waals surface area contributed by atoms with Crippen molar-refractivity contribution in [3.05, 3.63) is 52.1 Å². The molecule has 0 radical (unpaired) electrons. The van der Waals surface area contributed by atoms with Gasteiger partial charge in [0.05, 0.1) is 11.0 Å². The second-order valence-electron chi connectivity index (χ2n) is 4.18. The third-order valence-electron chi connectivity index (χ3n) is 2.91. The first-order chi connectivity index (χ1) is 9.65. The van der Waals surface area contributed by atoms with Crippen molar-refractivity contribution in [2.24, 2.45) is 0 Å². The number of nitrogens with zero attached hydrogens (tertiary/aromatic N) is 3. The second kappa shape index (κ2) is 5.84. The number of aromatic amines is 1. The lowest BCUT2D eigenvalue weighted by atomic mass is 10.1. The van der Waals surface area contributed by atoms with Crippen molar-refractivity contribution < 1.29 is 4.92 Å². The fourth-order valence-corrected chi connectivity index (χ4v) is 1.90. The van der Waals surface area contributed by atoms with Gasteiger partial charge in [0.1, 0.15) is 17.5 Å². The summed E-state index contributed by atoms with van der Waals surface area (Å²) in [5, 5.41) is 22.9. The molecule has 2 rings (SSSR count). The van der Waals surface area contributed by atoms with Crippen molar-refractivity contribution in [1.29, 1.82) is 5.26 Å². The zero-order valence-corrected chi connectivity index (χ0v) is 10.8. The standard InChI is InChI=1S/C13H13N5O2/c1-2-11(13-15-5-6-16-13)17-10-4-3-9(8-14)12(7-10)18(19)20/h3-7,11,17H,2H2,1H3,(H,15,16). The van der Waals surface area contributed by atoms with Crippen molar-refractivity contribution in [2.75, 3.05) is 5.32 Å². The molecule has 0 saturated heterocycles. The van der Waals surface area contributed by atoms with Crippen LogP contribution in [0.3, 0.4) is 0 Å². The molecule has 0 spiro atoms. The lowest BCUT2D eigenvalue weighted by Gasteiger charge is -2.16. The van der Waals surface area contributed by atoms with E-state index < -0.39 is 4.92 Å². The van der Waals surface area contributed by atoms with E-state index in [0.717, 1.165) is 12.2 Å². The number of hydrogen-bond acceptors (Lipinski definition) is 5. The molecule has 7 heteroatoms. The molecule has 7 nitrogen and oxygen atoms in total. The highest BCUT2D eigenvalue weighted by molar-refractivity contribution is 5.59. The van der Waals surface area contributed by atoms with Gasteiger partial charge in [0.2, 0.25) is 0 Å². The number of H-pyrrole nitrogens is 1. The summed E-state index contributed by atoms with van der Waals surface area (Å²) < 4.78 is 0. The van der Waals surface area contributed by atoms with Crippen LogP contribution in [0.15, 0.2) is 30.6 Å². The minimum Gasteiger partial charge on any atom is -0.375 e. The molecule has 102 valence electrons. The van der Waals surface area contributed by atoms with Crippen LogP contribution in [0, 0.1) is 21.4 Å². The van der Waals surface area contributed by atoms with E-state index in [0.29, 0.717) is 5.69 Å². The summed E-state index contributed by atoms with van der Waals surface area (Å²) >= 11 is 0. The zero-order valence-electron chi connectivity index (χ0n) is 10.8. The summed E-state index contributed by atoms with van der Waals surface area (Å²) in [6.07, 6.45) is 4.14. The molecule has 0 bridgehead atoms. The number of nitro benzene ring substituents is 1. The quantitative estimate of drug-likeness (QED) is 0.642. The van der Waals surface area contributed by atoms with Crippen molar-refractivity contribution in [3.8, 4) is 6.07 Å².